The SMILES string of the molecule is Cc1ccc2c(CCC[C@H](C)O)cccc2c1Oc1ncccc1-c1ccnc(N[C@H]2CCCNC2)n1. The molecule has 0 bridgehead atoms. The average molecular weight is 498 g/mol. The summed E-state index contributed by atoms with van der Waals surface area (Å²) in [4.78, 5) is 13.8. The molecule has 37 heavy (non-hydrogen) atoms. The van der Waals surface area contributed by atoms with Crippen LogP contribution in [0.15, 0.2) is 60.9 Å². The van der Waals surface area contributed by atoms with Gasteiger partial charge in [0.05, 0.1) is 17.4 Å². The minimum atomic E-state index is -0.282. The molecule has 7 nitrogen and oxygen atoms in total. The van der Waals surface area contributed by atoms with Crippen molar-refractivity contribution < 1.29 is 9.84 Å². The van der Waals surface area contributed by atoms with Crippen LogP contribution in [0.5, 0.6) is 11.6 Å². The number of ether oxygens (including phenoxy) is 1. The number of pyridine rings is 1. The molecule has 3 heterocycles. The van der Waals surface area contributed by atoms with Crippen LogP contribution >= 0.6 is 0 Å². The lowest BCUT2D eigenvalue weighted by Gasteiger charge is -2.23. The first-order chi connectivity index (χ1) is 18.1. The smallest absolute Gasteiger partial charge is 0.228 e. The molecule has 1 aliphatic heterocycles. The molecule has 0 saturated carbocycles. The summed E-state index contributed by atoms with van der Waals surface area (Å²) < 4.78 is 6.55. The topological polar surface area (TPSA) is 92.2 Å². The Morgan fingerprint density at radius 1 is 1.08 bits per heavy atom. The number of fused-ring (bicyclic) bond motifs is 1. The van der Waals surface area contributed by atoms with E-state index in [9.17, 15) is 5.11 Å². The number of benzene rings is 2. The van der Waals surface area contributed by atoms with Gasteiger partial charge in [-0.3, -0.25) is 0 Å². The Morgan fingerprint density at radius 2 is 2.00 bits per heavy atom. The fourth-order valence-corrected chi connectivity index (χ4v) is 4.95. The second kappa shape index (κ2) is 11.7. The molecule has 0 amide bonds. The van der Waals surface area contributed by atoms with Crippen molar-refractivity contribution >= 4 is 16.7 Å². The highest BCUT2D eigenvalue weighted by Crippen LogP contribution is 2.37. The number of nitrogens with one attached hydrogen (secondary N) is 2. The van der Waals surface area contributed by atoms with E-state index < -0.39 is 0 Å². The van der Waals surface area contributed by atoms with E-state index >= 15 is 0 Å². The Kier molecular flexibility index (Phi) is 7.92. The maximum absolute atomic E-state index is 9.66. The Balaban J connectivity index is 1.44. The molecule has 0 spiro atoms. The maximum atomic E-state index is 9.66. The standard InChI is InChI=1S/C30H35N5O2/c1-20-13-14-24-22(8-3-7-21(2)36)9-4-11-25(24)28(20)37-29-26(12-6-17-32-29)27-15-18-33-30(35-27)34-23-10-5-16-31-19-23/h4,6,9,11-15,17-18,21,23,31,36H,3,5,7-8,10,16,19H2,1-2H3,(H,33,34,35)/t21-,23-/m0/s1. The van der Waals surface area contributed by atoms with E-state index in [-0.39, 0.29) is 6.10 Å². The lowest BCUT2D eigenvalue weighted by molar-refractivity contribution is 0.182. The highest BCUT2D eigenvalue weighted by atomic mass is 16.5. The zero-order valence-corrected chi connectivity index (χ0v) is 21.6. The van der Waals surface area contributed by atoms with E-state index in [1.54, 1.807) is 12.4 Å². The van der Waals surface area contributed by atoms with Crippen molar-refractivity contribution in [1.29, 1.82) is 0 Å². The van der Waals surface area contributed by atoms with Gasteiger partial charge >= 0.3 is 0 Å². The average Bonchev–Trinajstić information content (AvgIpc) is 2.91. The van der Waals surface area contributed by atoms with Gasteiger partial charge in [-0.05, 0) is 87.2 Å². The molecule has 0 radical (unpaired) electrons. The van der Waals surface area contributed by atoms with E-state index in [4.69, 9.17) is 9.72 Å². The van der Waals surface area contributed by atoms with Crippen molar-refractivity contribution in [2.45, 2.75) is 58.1 Å². The largest absolute Gasteiger partial charge is 0.437 e. The van der Waals surface area contributed by atoms with Crippen LogP contribution in [0.3, 0.4) is 0 Å². The molecule has 1 fully saturated rings. The number of rotatable bonds is 9. The van der Waals surface area contributed by atoms with Crippen molar-refractivity contribution in [3.05, 3.63) is 72.1 Å². The first kappa shape index (κ1) is 25.1. The van der Waals surface area contributed by atoms with Gasteiger partial charge in [-0.2, -0.15) is 0 Å². The number of aliphatic hydroxyl groups is 1. The second-order valence-electron chi connectivity index (χ2n) is 9.88. The first-order valence-electron chi connectivity index (χ1n) is 13.2. The molecule has 0 aliphatic carbocycles. The lowest BCUT2D eigenvalue weighted by Crippen LogP contribution is -2.38. The quantitative estimate of drug-likeness (QED) is 0.275. The van der Waals surface area contributed by atoms with Crippen LogP contribution < -0.4 is 15.4 Å². The van der Waals surface area contributed by atoms with Crippen LogP contribution in [0.1, 0.15) is 43.7 Å². The molecule has 7 heteroatoms. The van der Waals surface area contributed by atoms with Gasteiger partial charge in [0.25, 0.3) is 0 Å². The number of aryl methyl sites for hydroxylation is 2. The summed E-state index contributed by atoms with van der Waals surface area (Å²) in [6.07, 6.45) is 8.12. The zero-order valence-electron chi connectivity index (χ0n) is 21.6. The van der Waals surface area contributed by atoms with E-state index in [0.717, 1.165) is 73.2 Å². The summed E-state index contributed by atoms with van der Waals surface area (Å²) in [7, 11) is 0. The summed E-state index contributed by atoms with van der Waals surface area (Å²) in [6.45, 7) is 5.87. The van der Waals surface area contributed by atoms with Crippen molar-refractivity contribution in [1.82, 2.24) is 20.3 Å². The number of anilines is 1. The molecule has 1 saturated heterocycles. The molecule has 3 N–H and O–H groups in total. The van der Waals surface area contributed by atoms with Gasteiger partial charge in [-0.1, -0.05) is 30.3 Å². The minimum absolute atomic E-state index is 0.282. The molecule has 2 aromatic carbocycles. The van der Waals surface area contributed by atoms with Gasteiger partial charge in [0, 0.05) is 30.4 Å². The van der Waals surface area contributed by atoms with Gasteiger partial charge < -0.3 is 20.5 Å². The van der Waals surface area contributed by atoms with E-state index in [1.165, 1.54) is 10.9 Å². The summed E-state index contributed by atoms with van der Waals surface area (Å²) in [6, 6.07) is 16.7. The Morgan fingerprint density at radius 3 is 2.84 bits per heavy atom. The third kappa shape index (κ3) is 6.06. The van der Waals surface area contributed by atoms with Crippen LogP contribution in [-0.2, 0) is 6.42 Å². The van der Waals surface area contributed by atoms with Crippen LogP contribution in [0.2, 0.25) is 0 Å². The van der Waals surface area contributed by atoms with E-state index in [2.05, 4.69) is 57.9 Å². The molecule has 1 aliphatic rings. The Bertz CT molecular complexity index is 1350. The summed E-state index contributed by atoms with van der Waals surface area (Å²) in [5.41, 5.74) is 3.88. The van der Waals surface area contributed by atoms with Crippen molar-refractivity contribution in [3.8, 4) is 22.9 Å². The molecule has 4 aromatic rings. The third-order valence-corrected chi connectivity index (χ3v) is 6.90. The normalized spacial score (nSPS) is 16.5. The molecule has 2 atom stereocenters. The highest BCUT2D eigenvalue weighted by Gasteiger charge is 2.17. The predicted octanol–water partition coefficient (Wildman–Crippen LogP) is 5.66. The number of hydrogen-bond acceptors (Lipinski definition) is 7. The molecule has 192 valence electrons. The maximum Gasteiger partial charge on any atom is 0.228 e. The number of aliphatic hydroxyl groups excluding tert-OH is 1. The van der Waals surface area contributed by atoms with Gasteiger partial charge in [-0.15, -0.1) is 0 Å². The van der Waals surface area contributed by atoms with Gasteiger partial charge in [0.2, 0.25) is 11.8 Å². The summed E-state index contributed by atoms with van der Waals surface area (Å²) in [5, 5.41) is 18.8. The fraction of sp³-hybridized carbons (Fsp3) is 0.367. The summed E-state index contributed by atoms with van der Waals surface area (Å²) >= 11 is 0. The van der Waals surface area contributed by atoms with Crippen LogP contribution in [0.4, 0.5) is 5.95 Å². The second-order valence-corrected chi connectivity index (χ2v) is 9.88. The van der Waals surface area contributed by atoms with Crippen LogP contribution in [0, 0.1) is 6.92 Å². The highest BCUT2D eigenvalue weighted by molar-refractivity contribution is 5.92. The Labute approximate surface area is 218 Å². The fourth-order valence-electron chi connectivity index (χ4n) is 4.95. The molecule has 2 aromatic heterocycles. The van der Waals surface area contributed by atoms with Gasteiger partial charge in [-0.25, -0.2) is 15.0 Å². The van der Waals surface area contributed by atoms with Crippen LogP contribution in [-0.4, -0.2) is 45.3 Å². The number of piperidine rings is 1. The number of aromatic nitrogens is 3. The lowest BCUT2D eigenvalue weighted by atomic mass is 9.97. The van der Waals surface area contributed by atoms with E-state index in [0.29, 0.717) is 17.9 Å². The monoisotopic (exact) mass is 497 g/mol. The molecule has 0 unspecified atom stereocenters. The van der Waals surface area contributed by atoms with Crippen LogP contribution in [0.25, 0.3) is 22.0 Å². The molecule has 5 rings (SSSR count). The zero-order chi connectivity index (χ0) is 25.6. The van der Waals surface area contributed by atoms with Crippen molar-refractivity contribution in [3.63, 3.8) is 0 Å². The Hall–Kier alpha value is -3.55. The predicted molar refractivity (Wildman–Crippen MR) is 148 cm³/mol. The first-order valence-corrected chi connectivity index (χ1v) is 13.2. The third-order valence-electron chi connectivity index (χ3n) is 6.90. The van der Waals surface area contributed by atoms with E-state index in [1.807, 2.05) is 25.1 Å². The van der Waals surface area contributed by atoms with Crippen molar-refractivity contribution in [2.75, 3.05) is 18.4 Å². The molecular weight excluding hydrogens is 462 g/mol. The number of hydrogen-bond donors (Lipinski definition) is 3. The minimum Gasteiger partial charge on any atom is -0.437 e. The summed E-state index contributed by atoms with van der Waals surface area (Å²) in [5.74, 6) is 1.93. The van der Waals surface area contributed by atoms with Crippen molar-refractivity contribution in [2.24, 2.45) is 0 Å². The van der Waals surface area contributed by atoms with Gasteiger partial charge in [0.15, 0.2) is 0 Å². The molecular formula is C30H35N5O2. The van der Waals surface area contributed by atoms with Gasteiger partial charge in [0.1, 0.15) is 5.75 Å². The number of nitrogens with zero attached hydrogens (tertiary/aromatic N) is 3.